The van der Waals surface area contributed by atoms with E-state index in [9.17, 15) is 14.7 Å². The Hall–Kier alpha value is -1.92. The third-order valence-electron chi connectivity index (χ3n) is 4.87. The Morgan fingerprint density at radius 1 is 1.22 bits per heavy atom. The molecule has 0 aromatic heterocycles. The molecule has 0 saturated carbocycles. The molecule has 0 unspecified atom stereocenters. The molecule has 1 aromatic rings. The molecule has 23 heavy (non-hydrogen) atoms. The van der Waals surface area contributed by atoms with E-state index >= 15 is 0 Å². The van der Waals surface area contributed by atoms with E-state index in [2.05, 4.69) is 5.32 Å². The molecule has 6 nitrogen and oxygen atoms in total. The van der Waals surface area contributed by atoms with Gasteiger partial charge in [0.25, 0.3) is 5.91 Å². The Balaban J connectivity index is 1.79. The second kappa shape index (κ2) is 6.29. The summed E-state index contributed by atoms with van der Waals surface area (Å²) in [5, 5.41) is 12.5. The minimum Gasteiger partial charge on any atom is -0.393 e. The molecule has 0 spiro atoms. The zero-order valence-corrected chi connectivity index (χ0v) is 13.4. The van der Waals surface area contributed by atoms with Gasteiger partial charge in [0.2, 0.25) is 0 Å². The van der Waals surface area contributed by atoms with Crippen LogP contribution in [0.3, 0.4) is 0 Å². The zero-order chi connectivity index (χ0) is 16.4. The number of hydrogen-bond donors (Lipinski definition) is 2. The van der Waals surface area contributed by atoms with Gasteiger partial charge in [0.05, 0.1) is 12.8 Å². The van der Waals surface area contributed by atoms with Crippen molar-refractivity contribution in [1.82, 2.24) is 15.1 Å². The molecular formula is C17H23N3O3. The Bertz CT molecular complexity index is 584. The van der Waals surface area contributed by atoms with Crippen molar-refractivity contribution >= 4 is 11.9 Å². The van der Waals surface area contributed by atoms with Crippen LogP contribution in [-0.2, 0) is 10.3 Å². The first-order valence-electron chi connectivity index (χ1n) is 8.17. The molecule has 0 bridgehead atoms. The van der Waals surface area contributed by atoms with Crippen molar-refractivity contribution in [3.05, 3.63) is 35.9 Å². The summed E-state index contributed by atoms with van der Waals surface area (Å²) in [6.07, 6.45) is 1.60. The molecule has 6 heteroatoms. The summed E-state index contributed by atoms with van der Waals surface area (Å²) in [6, 6.07) is 9.06. The molecule has 0 aliphatic carbocycles. The summed E-state index contributed by atoms with van der Waals surface area (Å²) in [5.41, 5.74) is -0.148. The van der Waals surface area contributed by atoms with Crippen LogP contribution in [-0.4, -0.2) is 52.7 Å². The van der Waals surface area contributed by atoms with E-state index in [0.717, 1.165) is 5.56 Å². The second-order valence-electron chi connectivity index (χ2n) is 6.28. The Morgan fingerprint density at radius 3 is 2.48 bits per heavy atom. The van der Waals surface area contributed by atoms with E-state index in [1.54, 1.807) is 0 Å². The van der Waals surface area contributed by atoms with Gasteiger partial charge in [-0.2, -0.15) is 0 Å². The SMILES string of the molecule is CC[C@]1(c2ccccc2)NC(=O)N(CN2CCC(O)CC2)C1=O. The summed E-state index contributed by atoms with van der Waals surface area (Å²) in [6.45, 7) is 3.59. The largest absolute Gasteiger partial charge is 0.393 e. The van der Waals surface area contributed by atoms with Crippen LogP contribution in [0, 0.1) is 0 Å². The Labute approximate surface area is 136 Å². The first-order chi connectivity index (χ1) is 11.1. The maximum absolute atomic E-state index is 13.0. The number of nitrogens with one attached hydrogen (secondary N) is 1. The smallest absolute Gasteiger partial charge is 0.326 e. The summed E-state index contributed by atoms with van der Waals surface area (Å²) in [5.74, 6) is -0.192. The highest BCUT2D eigenvalue weighted by atomic mass is 16.3. The van der Waals surface area contributed by atoms with Gasteiger partial charge in [0.1, 0.15) is 5.54 Å². The highest BCUT2D eigenvalue weighted by molar-refractivity contribution is 6.07. The molecule has 2 saturated heterocycles. The van der Waals surface area contributed by atoms with Gasteiger partial charge in [0.15, 0.2) is 0 Å². The van der Waals surface area contributed by atoms with Gasteiger partial charge in [-0.1, -0.05) is 37.3 Å². The number of benzene rings is 1. The molecule has 3 rings (SSSR count). The van der Waals surface area contributed by atoms with Crippen LogP contribution in [0.4, 0.5) is 4.79 Å². The van der Waals surface area contributed by atoms with Crippen molar-refractivity contribution in [2.24, 2.45) is 0 Å². The van der Waals surface area contributed by atoms with E-state index in [-0.39, 0.29) is 24.7 Å². The van der Waals surface area contributed by atoms with Crippen molar-refractivity contribution in [2.45, 2.75) is 37.8 Å². The molecule has 2 fully saturated rings. The molecule has 2 aliphatic rings. The number of aliphatic hydroxyl groups is 1. The summed E-state index contributed by atoms with van der Waals surface area (Å²) >= 11 is 0. The van der Waals surface area contributed by atoms with Crippen molar-refractivity contribution in [3.8, 4) is 0 Å². The van der Waals surface area contributed by atoms with E-state index < -0.39 is 5.54 Å². The summed E-state index contributed by atoms with van der Waals surface area (Å²) in [4.78, 5) is 28.7. The van der Waals surface area contributed by atoms with Gasteiger partial charge >= 0.3 is 6.03 Å². The van der Waals surface area contributed by atoms with Crippen LogP contribution in [0.1, 0.15) is 31.7 Å². The molecule has 2 heterocycles. The van der Waals surface area contributed by atoms with Crippen molar-refractivity contribution < 1.29 is 14.7 Å². The van der Waals surface area contributed by atoms with Crippen LogP contribution in [0.25, 0.3) is 0 Å². The lowest BCUT2D eigenvalue weighted by Gasteiger charge is -2.32. The minimum absolute atomic E-state index is 0.192. The van der Waals surface area contributed by atoms with Crippen molar-refractivity contribution in [1.29, 1.82) is 0 Å². The predicted octanol–water partition coefficient (Wildman–Crippen LogP) is 1.26. The monoisotopic (exact) mass is 317 g/mol. The Kier molecular flexibility index (Phi) is 4.37. The van der Waals surface area contributed by atoms with Crippen LogP contribution in [0.5, 0.6) is 0 Å². The van der Waals surface area contributed by atoms with Gasteiger partial charge in [-0.3, -0.25) is 9.69 Å². The van der Waals surface area contributed by atoms with E-state index in [1.807, 2.05) is 42.2 Å². The van der Waals surface area contributed by atoms with Crippen molar-refractivity contribution in [2.75, 3.05) is 19.8 Å². The van der Waals surface area contributed by atoms with Gasteiger partial charge in [-0.15, -0.1) is 0 Å². The number of imide groups is 1. The lowest BCUT2D eigenvalue weighted by atomic mass is 9.87. The van der Waals surface area contributed by atoms with E-state index in [4.69, 9.17) is 0 Å². The molecule has 2 aliphatic heterocycles. The lowest BCUT2D eigenvalue weighted by Crippen LogP contribution is -2.47. The highest BCUT2D eigenvalue weighted by Crippen LogP contribution is 2.32. The first-order valence-corrected chi connectivity index (χ1v) is 8.17. The average Bonchev–Trinajstić information content (AvgIpc) is 2.83. The normalized spacial score (nSPS) is 26.6. The van der Waals surface area contributed by atoms with Crippen LogP contribution in [0.15, 0.2) is 30.3 Å². The fourth-order valence-corrected chi connectivity index (χ4v) is 3.38. The number of urea groups is 1. The van der Waals surface area contributed by atoms with E-state index in [0.29, 0.717) is 32.4 Å². The average molecular weight is 317 g/mol. The number of carbonyl (C=O) groups is 2. The van der Waals surface area contributed by atoms with Gasteiger partial charge in [-0.05, 0) is 24.8 Å². The predicted molar refractivity (Wildman–Crippen MR) is 85.5 cm³/mol. The number of nitrogens with zero attached hydrogens (tertiary/aromatic N) is 2. The zero-order valence-electron chi connectivity index (χ0n) is 13.4. The molecule has 1 aromatic carbocycles. The quantitative estimate of drug-likeness (QED) is 0.820. The third-order valence-corrected chi connectivity index (χ3v) is 4.87. The van der Waals surface area contributed by atoms with Crippen LogP contribution < -0.4 is 5.32 Å². The third kappa shape index (κ3) is 2.84. The maximum atomic E-state index is 13.0. The number of piperidine rings is 1. The number of likely N-dealkylation sites (tertiary alicyclic amines) is 1. The van der Waals surface area contributed by atoms with E-state index in [1.165, 1.54) is 4.90 Å². The van der Waals surface area contributed by atoms with Crippen LogP contribution in [0.2, 0.25) is 0 Å². The second-order valence-corrected chi connectivity index (χ2v) is 6.28. The molecular weight excluding hydrogens is 294 g/mol. The minimum atomic E-state index is -0.965. The molecule has 2 N–H and O–H groups in total. The molecule has 0 radical (unpaired) electrons. The maximum Gasteiger partial charge on any atom is 0.326 e. The number of carbonyl (C=O) groups excluding carboxylic acids is 2. The Morgan fingerprint density at radius 2 is 1.87 bits per heavy atom. The van der Waals surface area contributed by atoms with Gasteiger partial charge < -0.3 is 10.4 Å². The lowest BCUT2D eigenvalue weighted by molar-refractivity contribution is -0.133. The number of aliphatic hydroxyl groups excluding tert-OH is 1. The number of rotatable bonds is 4. The fraction of sp³-hybridized carbons (Fsp3) is 0.529. The summed E-state index contributed by atoms with van der Waals surface area (Å²) < 4.78 is 0. The number of hydrogen-bond acceptors (Lipinski definition) is 4. The summed E-state index contributed by atoms with van der Waals surface area (Å²) in [7, 11) is 0. The number of amides is 3. The van der Waals surface area contributed by atoms with Gasteiger partial charge in [0, 0.05) is 13.1 Å². The fourth-order valence-electron chi connectivity index (χ4n) is 3.38. The van der Waals surface area contributed by atoms with Crippen LogP contribution >= 0.6 is 0 Å². The van der Waals surface area contributed by atoms with Gasteiger partial charge in [-0.25, -0.2) is 9.69 Å². The standard InChI is InChI=1S/C17H23N3O3/c1-2-17(13-6-4-3-5-7-13)15(22)20(16(23)18-17)12-19-10-8-14(21)9-11-19/h3-7,14,21H,2,8-12H2,1H3,(H,18,23)/t17-/m1/s1. The molecule has 3 amide bonds. The molecule has 1 atom stereocenters. The molecule has 124 valence electrons. The van der Waals surface area contributed by atoms with Crippen molar-refractivity contribution in [3.63, 3.8) is 0 Å². The highest BCUT2D eigenvalue weighted by Gasteiger charge is 2.51. The first kappa shape index (κ1) is 16.0. The topological polar surface area (TPSA) is 72.9 Å².